The van der Waals surface area contributed by atoms with E-state index in [0.29, 0.717) is 5.92 Å². The summed E-state index contributed by atoms with van der Waals surface area (Å²) in [5, 5.41) is 10.2. The lowest BCUT2D eigenvalue weighted by Gasteiger charge is -2.18. The van der Waals surface area contributed by atoms with E-state index >= 15 is 0 Å². The second-order valence-electron chi connectivity index (χ2n) is 3.13. The molecule has 0 spiro atoms. The first kappa shape index (κ1) is 10.5. The van der Waals surface area contributed by atoms with Crippen molar-refractivity contribution in [1.82, 2.24) is 0 Å². The molecule has 0 N–H and O–H groups in total. The van der Waals surface area contributed by atoms with Crippen molar-refractivity contribution < 1.29 is 9.90 Å². The molecule has 0 saturated heterocycles. The van der Waals surface area contributed by atoms with Crippen molar-refractivity contribution in [2.75, 3.05) is 0 Å². The maximum absolute atomic E-state index is 10.2. The molecule has 0 aromatic heterocycles. The SMILES string of the molecule is CCC(CC)C(C)CC([O])=O. The fourth-order valence-corrected chi connectivity index (χ4v) is 1.52. The minimum absolute atomic E-state index is 0.201. The van der Waals surface area contributed by atoms with E-state index in [9.17, 15) is 9.90 Å². The van der Waals surface area contributed by atoms with Gasteiger partial charge >= 0.3 is 5.97 Å². The van der Waals surface area contributed by atoms with Gasteiger partial charge < -0.3 is 0 Å². The van der Waals surface area contributed by atoms with Crippen molar-refractivity contribution in [1.29, 1.82) is 0 Å². The van der Waals surface area contributed by atoms with Gasteiger partial charge in [0.15, 0.2) is 0 Å². The number of carbonyl (C=O) groups excluding carboxylic acids is 1. The van der Waals surface area contributed by atoms with Gasteiger partial charge in [-0.05, 0) is 11.8 Å². The Morgan fingerprint density at radius 2 is 1.73 bits per heavy atom. The maximum Gasteiger partial charge on any atom is 0.355 e. The van der Waals surface area contributed by atoms with Crippen molar-refractivity contribution >= 4 is 5.97 Å². The second-order valence-corrected chi connectivity index (χ2v) is 3.13. The first-order chi connectivity index (χ1) is 5.11. The molecule has 0 aromatic rings. The van der Waals surface area contributed by atoms with Crippen LogP contribution in [0.15, 0.2) is 0 Å². The van der Waals surface area contributed by atoms with Gasteiger partial charge in [0.2, 0.25) is 0 Å². The standard InChI is InChI=1S/C9H17O2/c1-4-8(5-2)7(3)6-9(10)11/h7-8H,4-6H2,1-3H3. The summed E-state index contributed by atoms with van der Waals surface area (Å²) in [6, 6.07) is 0. The van der Waals surface area contributed by atoms with Gasteiger partial charge in [0, 0.05) is 0 Å². The second kappa shape index (κ2) is 5.16. The molecule has 0 aliphatic rings. The van der Waals surface area contributed by atoms with E-state index in [2.05, 4.69) is 13.8 Å². The molecule has 0 aliphatic carbocycles. The molecule has 0 fully saturated rings. The molecule has 0 aliphatic heterocycles. The molecule has 1 radical (unpaired) electrons. The van der Waals surface area contributed by atoms with Gasteiger partial charge in [0.1, 0.15) is 0 Å². The zero-order valence-corrected chi connectivity index (χ0v) is 7.59. The van der Waals surface area contributed by atoms with Gasteiger partial charge in [-0.2, -0.15) is 0 Å². The summed E-state index contributed by atoms with van der Waals surface area (Å²) >= 11 is 0. The van der Waals surface area contributed by atoms with Gasteiger partial charge in [-0.3, -0.25) is 0 Å². The van der Waals surface area contributed by atoms with Crippen LogP contribution >= 0.6 is 0 Å². The average molecular weight is 157 g/mol. The summed E-state index contributed by atoms with van der Waals surface area (Å²) in [5.41, 5.74) is 0. The lowest BCUT2D eigenvalue weighted by Crippen LogP contribution is -2.13. The average Bonchev–Trinajstić information content (AvgIpc) is 1.88. The Hall–Kier alpha value is -0.530. The van der Waals surface area contributed by atoms with Crippen LogP contribution in [0.5, 0.6) is 0 Å². The highest BCUT2D eigenvalue weighted by molar-refractivity contribution is 5.66. The molecule has 0 amide bonds. The predicted molar refractivity (Wildman–Crippen MR) is 43.5 cm³/mol. The first-order valence-electron chi connectivity index (χ1n) is 4.31. The molecule has 2 nitrogen and oxygen atoms in total. The lowest BCUT2D eigenvalue weighted by atomic mass is 9.87. The molecule has 0 aromatic carbocycles. The van der Waals surface area contributed by atoms with Gasteiger partial charge in [0.05, 0.1) is 6.42 Å². The third-order valence-corrected chi connectivity index (χ3v) is 2.34. The van der Waals surface area contributed by atoms with E-state index in [1.54, 1.807) is 0 Å². The highest BCUT2D eigenvalue weighted by atomic mass is 16.4. The molecule has 1 atom stereocenters. The van der Waals surface area contributed by atoms with Crippen molar-refractivity contribution in [3.8, 4) is 0 Å². The Bertz CT molecular complexity index is 117. The Kier molecular flexibility index (Phi) is 4.92. The van der Waals surface area contributed by atoms with Gasteiger partial charge in [-0.25, -0.2) is 9.90 Å². The minimum atomic E-state index is -0.926. The minimum Gasteiger partial charge on any atom is -0.247 e. The zero-order valence-electron chi connectivity index (χ0n) is 7.59. The Labute approximate surface area is 68.6 Å². The highest BCUT2D eigenvalue weighted by Crippen LogP contribution is 2.21. The summed E-state index contributed by atoms with van der Waals surface area (Å²) in [5.74, 6) is -0.132. The van der Waals surface area contributed by atoms with Crippen LogP contribution in [0.1, 0.15) is 40.0 Å². The highest BCUT2D eigenvalue weighted by Gasteiger charge is 2.16. The monoisotopic (exact) mass is 157 g/mol. The number of hydrogen-bond acceptors (Lipinski definition) is 1. The van der Waals surface area contributed by atoms with Gasteiger partial charge in [-0.15, -0.1) is 0 Å². The molecular formula is C9H17O2. The topological polar surface area (TPSA) is 37.0 Å². The normalized spacial score (nSPS) is 13.5. The number of carbonyl (C=O) groups is 1. The van der Waals surface area contributed by atoms with Crippen LogP contribution in [0.3, 0.4) is 0 Å². The predicted octanol–water partition coefficient (Wildman–Crippen LogP) is 2.41. The van der Waals surface area contributed by atoms with Crippen LogP contribution in [0, 0.1) is 11.8 Å². The number of rotatable bonds is 5. The van der Waals surface area contributed by atoms with Crippen molar-refractivity contribution in [2.24, 2.45) is 11.8 Å². The van der Waals surface area contributed by atoms with Crippen LogP contribution in [0.25, 0.3) is 0 Å². The fourth-order valence-electron chi connectivity index (χ4n) is 1.52. The van der Waals surface area contributed by atoms with Crippen LogP contribution in [0.2, 0.25) is 0 Å². The van der Waals surface area contributed by atoms with E-state index in [1.807, 2.05) is 6.92 Å². The van der Waals surface area contributed by atoms with Crippen LogP contribution < -0.4 is 0 Å². The van der Waals surface area contributed by atoms with Crippen molar-refractivity contribution in [2.45, 2.75) is 40.0 Å². The van der Waals surface area contributed by atoms with Gasteiger partial charge in [-0.1, -0.05) is 33.6 Å². The molecule has 65 valence electrons. The third-order valence-electron chi connectivity index (χ3n) is 2.34. The van der Waals surface area contributed by atoms with E-state index in [1.165, 1.54) is 0 Å². The summed E-state index contributed by atoms with van der Waals surface area (Å²) in [7, 11) is 0. The molecule has 11 heavy (non-hydrogen) atoms. The van der Waals surface area contributed by atoms with Crippen molar-refractivity contribution in [3.05, 3.63) is 0 Å². The Balaban J connectivity index is 3.78. The fraction of sp³-hybridized carbons (Fsp3) is 0.889. The Morgan fingerprint density at radius 1 is 1.27 bits per heavy atom. The van der Waals surface area contributed by atoms with E-state index < -0.39 is 5.97 Å². The van der Waals surface area contributed by atoms with Crippen LogP contribution in [-0.2, 0) is 9.90 Å². The van der Waals surface area contributed by atoms with Gasteiger partial charge in [0.25, 0.3) is 0 Å². The summed E-state index contributed by atoms with van der Waals surface area (Å²) < 4.78 is 0. The van der Waals surface area contributed by atoms with Crippen LogP contribution in [0.4, 0.5) is 0 Å². The molecule has 0 bridgehead atoms. The maximum atomic E-state index is 10.2. The molecule has 0 saturated carbocycles. The third kappa shape index (κ3) is 4.02. The molecule has 0 heterocycles. The summed E-state index contributed by atoms with van der Waals surface area (Å²) in [6.07, 6.45) is 2.32. The molecule has 0 rings (SSSR count). The summed E-state index contributed by atoms with van der Waals surface area (Å²) in [6.45, 7) is 6.17. The van der Waals surface area contributed by atoms with Crippen LogP contribution in [-0.4, -0.2) is 5.97 Å². The number of hydrogen-bond donors (Lipinski definition) is 0. The zero-order chi connectivity index (χ0) is 8.85. The summed E-state index contributed by atoms with van der Waals surface area (Å²) in [4.78, 5) is 10.2. The molecular weight excluding hydrogens is 140 g/mol. The van der Waals surface area contributed by atoms with E-state index in [4.69, 9.17) is 0 Å². The molecule has 2 heteroatoms. The molecule has 1 unspecified atom stereocenters. The lowest BCUT2D eigenvalue weighted by molar-refractivity contribution is -0.144. The van der Waals surface area contributed by atoms with E-state index in [0.717, 1.165) is 12.8 Å². The smallest absolute Gasteiger partial charge is 0.247 e. The largest absolute Gasteiger partial charge is 0.355 e. The van der Waals surface area contributed by atoms with E-state index in [-0.39, 0.29) is 12.3 Å². The van der Waals surface area contributed by atoms with Crippen molar-refractivity contribution in [3.63, 3.8) is 0 Å². The quantitative estimate of drug-likeness (QED) is 0.603. The first-order valence-corrected chi connectivity index (χ1v) is 4.31. The Morgan fingerprint density at radius 3 is 2.00 bits per heavy atom.